The standard InChI is InChI=1S/C14H17F2N3O2S/c1-3-7-17-14(22)19-18-9-10-5-6-11(21-13(15)16)12(8-10)20-4-2/h3,5-6,8-9,13H,1,4,7H2,2H3,(H2,17,19,22)/b18-9-. The van der Waals surface area contributed by atoms with Gasteiger partial charge in [0, 0.05) is 6.54 Å². The molecule has 0 fully saturated rings. The van der Waals surface area contributed by atoms with Gasteiger partial charge in [0.25, 0.3) is 0 Å². The third-order valence-corrected chi connectivity index (χ3v) is 2.51. The topological polar surface area (TPSA) is 54.9 Å². The van der Waals surface area contributed by atoms with Gasteiger partial charge in [-0.05, 0) is 42.9 Å². The number of hydrazone groups is 1. The summed E-state index contributed by atoms with van der Waals surface area (Å²) in [5.74, 6) is 0.198. The Balaban J connectivity index is 2.72. The van der Waals surface area contributed by atoms with Crippen molar-refractivity contribution >= 4 is 23.5 Å². The average molecular weight is 329 g/mol. The maximum absolute atomic E-state index is 12.3. The minimum Gasteiger partial charge on any atom is -0.490 e. The van der Waals surface area contributed by atoms with E-state index in [1.807, 2.05) is 0 Å². The van der Waals surface area contributed by atoms with Crippen molar-refractivity contribution in [1.82, 2.24) is 10.7 Å². The molecule has 0 aromatic heterocycles. The molecular weight excluding hydrogens is 312 g/mol. The molecule has 2 N–H and O–H groups in total. The number of thiocarbonyl (C=S) groups is 1. The van der Waals surface area contributed by atoms with Crippen LogP contribution in [0, 0.1) is 0 Å². The molecule has 1 aromatic carbocycles. The number of hydrogen-bond acceptors (Lipinski definition) is 4. The molecule has 120 valence electrons. The lowest BCUT2D eigenvalue weighted by molar-refractivity contribution is -0.0514. The SMILES string of the molecule is C=CCNC(=S)N/N=C\c1ccc(OC(F)F)c(OCC)c1. The Morgan fingerprint density at radius 2 is 2.23 bits per heavy atom. The van der Waals surface area contributed by atoms with Gasteiger partial charge in [-0.25, -0.2) is 0 Å². The molecule has 0 aliphatic heterocycles. The van der Waals surface area contributed by atoms with Gasteiger partial charge in [0.15, 0.2) is 16.6 Å². The number of nitrogens with one attached hydrogen (secondary N) is 2. The molecule has 0 aliphatic rings. The van der Waals surface area contributed by atoms with Crippen molar-refractivity contribution in [2.24, 2.45) is 5.10 Å². The van der Waals surface area contributed by atoms with Crippen LogP contribution in [-0.2, 0) is 0 Å². The van der Waals surface area contributed by atoms with Crippen LogP contribution in [0.15, 0.2) is 36.0 Å². The summed E-state index contributed by atoms with van der Waals surface area (Å²) in [7, 11) is 0. The normalized spacial score (nSPS) is 10.5. The predicted molar refractivity (Wildman–Crippen MR) is 85.8 cm³/mol. The highest BCUT2D eigenvalue weighted by atomic mass is 32.1. The summed E-state index contributed by atoms with van der Waals surface area (Å²) in [6.07, 6.45) is 3.14. The van der Waals surface area contributed by atoms with E-state index in [1.165, 1.54) is 12.3 Å². The highest BCUT2D eigenvalue weighted by molar-refractivity contribution is 7.80. The van der Waals surface area contributed by atoms with Crippen LogP contribution < -0.4 is 20.2 Å². The number of hydrogen-bond donors (Lipinski definition) is 2. The highest BCUT2D eigenvalue weighted by Gasteiger charge is 2.11. The third kappa shape index (κ3) is 6.49. The van der Waals surface area contributed by atoms with Crippen molar-refractivity contribution in [3.63, 3.8) is 0 Å². The minimum atomic E-state index is -2.91. The Kier molecular flexibility index (Phi) is 7.84. The van der Waals surface area contributed by atoms with Crippen LogP contribution in [0.25, 0.3) is 0 Å². The Hall–Kier alpha value is -2.22. The molecule has 0 saturated heterocycles. The van der Waals surface area contributed by atoms with Gasteiger partial charge in [-0.3, -0.25) is 5.43 Å². The first kappa shape index (κ1) is 17.8. The van der Waals surface area contributed by atoms with Crippen molar-refractivity contribution in [1.29, 1.82) is 0 Å². The Bertz CT molecular complexity index is 539. The monoisotopic (exact) mass is 329 g/mol. The van der Waals surface area contributed by atoms with E-state index >= 15 is 0 Å². The van der Waals surface area contributed by atoms with Gasteiger partial charge in [-0.1, -0.05) is 6.08 Å². The lowest BCUT2D eigenvalue weighted by atomic mass is 10.2. The van der Waals surface area contributed by atoms with Crippen molar-refractivity contribution < 1.29 is 18.3 Å². The van der Waals surface area contributed by atoms with Gasteiger partial charge < -0.3 is 14.8 Å². The van der Waals surface area contributed by atoms with Crippen LogP contribution in [0.2, 0.25) is 0 Å². The number of alkyl halides is 2. The van der Waals surface area contributed by atoms with E-state index in [2.05, 4.69) is 27.2 Å². The molecule has 1 rings (SSSR count). The zero-order valence-corrected chi connectivity index (χ0v) is 12.8. The van der Waals surface area contributed by atoms with Crippen LogP contribution in [-0.4, -0.2) is 31.1 Å². The van der Waals surface area contributed by atoms with E-state index in [1.54, 1.807) is 25.1 Å². The maximum atomic E-state index is 12.3. The van der Waals surface area contributed by atoms with E-state index < -0.39 is 6.61 Å². The fourth-order valence-electron chi connectivity index (χ4n) is 1.44. The van der Waals surface area contributed by atoms with Gasteiger partial charge >= 0.3 is 6.61 Å². The van der Waals surface area contributed by atoms with Crippen molar-refractivity contribution in [3.05, 3.63) is 36.4 Å². The summed E-state index contributed by atoms with van der Waals surface area (Å²) in [5.41, 5.74) is 3.26. The Labute approximate surface area is 133 Å². The quantitative estimate of drug-likeness (QED) is 0.332. The van der Waals surface area contributed by atoms with Crippen LogP contribution >= 0.6 is 12.2 Å². The van der Waals surface area contributed by atoms with Crippen LogP contribution in [0.5, 0.6) is 11.5 Å². The number of rotatable bonds is 8. The summed E-state index contributed by atoms with van der Waals surface area (Å²) in [4.78, 5) is 0. The van der Waals surface area contributed by atoms with E-state index in [9.17, 15) is 8.78 Å². The van der Waals surface area contributed by atoms with E-state index in [4.69, 9.17) is 17.0 Å². The molecule has 8 heteroatoms. The number of nitrogens with zero attached hydrogens (tertiary/aromatic N) is 1. The van der Waals surface area contributed by atoms with E-state index in [0.717, 1.165) is 0 Å². The smallest absolute Gasteiger partial charge is 0.387 e. The second-order valence-electron chi connectivity index (χ2n) is 3.89. The first-order valence-corrected chi connectivity index (χ1v) is 6.87. The largest absolute Gasteiger partial charge is 0.490 e. The van der Waals surface area contributed by atoms with Gasteiger partial charge in [0.05, 0.1) is 12.8 Å². The molecule has 0 amide bonds. The van der Waals surface area contributed by atoms with Gasteiger partial charge in [-0.2, -0.15) is 13.9 Å². The Morgan fingerprint density at radius 1 is 1.45 bits per heavy atom. The Morgan fingerprint density at radius 3 is 2.86 bits per heavy atom. The second kappa shape index (κ2) is 9.67. The third-order valence-electron chi connectivity index (χ3n) is 2.27. The summed E-state index contributed by atoms with van der Waals surface area (Å²) < 4.78 is 34.2. The molecule has 0 heterocycles. The molecule has 0 bridgehead atoms. The molecule has 0 aliphatic carbocycles. The lowest BCUT2D eigenvalue weighted by Crippen LogP contribution is -2.31. The minimum absolute atomic E-state index is 0.0230. The molecule has 22 heavy (non-hydrogen) atoms. The van der Waals surface area contributed by atoms with Crippen LogP contribution in [0.3, 0.4) is 0 Å². The fourth-order valence-corrected chi connectivity index (χ4v) is 1.57. The van der Waals surface area contributed by atoms with Crippen molar-refractivity contribution in [3.8, 4) is 11.5 Å². The molecule has 0 atom stereocenters. The van der Waals surface area contributed by atoms with Gasteiger partial charge in [0.1, 0.15) is 0 Å². The summed E-state index contributed by atoms with van der Waals surface area (Å²) >= 11 is 4.96. The molecule has 0 spiro atoms. The molecule has 1 aromatic rings. The fraction of sp³-hybridized carbons (Fsp3) is 0.286. The predicted octanol–water partition coefficient (Wildman–Crippen LogP) is 2.67. The van der Waals surface area contributed by atoms with Crippen LogP contribution in [0.1, 0.15) is 12.5 Å². The zero-order valence-electron chi connectivity index (χ0n) is 12.0. The second-order valence-corrected chi connectivity index (χ2v) is 4.29. The first-order valence-electron chi connectivity index (χ1n) is 6.46. The average Bonchev–Trinajstić information content (AvgIpc) is 2.47. The van der Waals surface area contributed by atoms with Gasteiger partial charge in [-0.15, -0.1) is 6.58 Å². The van der Waals surface area contributed by atoms with E-state index in [-0.39, 0.29) is 11.5 Å². The summed E-state index contributed by atoms with van der Waals surface area (Å²) in [6.45, 7) is 3.24. The summed E-state index contributed by atoms with van der Waals surface area (Å²) in [5, 5.41) is 7.12. The van der Waals surface area contributed by atoms with Gasteiger partial charge in [0.2, 0.25) is 0 Å². The number of benzene rings is 1. The molecular formula is C14H17F2N3O2S. The highest BCUT2D eigenvalue weighted by Crippen LogP contribution is 2.29. The molecule has 0 radical (unpaired) electrons. The lowest BCUT2D eigenvalue weighted by Gasteiger charge is -2.11. The van der Waals surface area contributed by atoms with Crippen molar-refractivity contribution in [2.45, 2.75) is 13.5 Å². The zero-order chi connectivity index (χ0) is 16.4. The van der Waals surface area contributed by atoms with E-state index in [0.29, 0.717) is 23.8 Å². The molecule has 0 unspecified atom stereocenters. The summed E-state index contributed by atoms with van der Waals surface area (Å²) in [6, 6.07) is 4.52. The number of halogens is 2. The van der Waals surface area contributed by atoms with Crippen molar-refractivity contribution in [2.75, 3.05) is 13.2 Å². The number of ether oxygens (including phenoxy) is 2. The molecule has 0 saturated carbocycles. The maximum Gasteiger partial charge on any atom is 0.387 e. The molecule has 5 nitrogen and oxygen atoms in total. The van der Waals surface area contributed by atoms with Crippen LogP contribution in [0.4, 0.5) is 8.78 Å². The first-order chi connectivity index (χ1) is 10.6.